The van der Waals surface area contributed by atoms with Crippen LogP contribution < -0.4 is 4.90 Å². The van der Waals surface area contributed by atoms with E-state index in [4.69, 9.17) is 0 Å². The van der Waals surface area contributed by atoms with E-state index in [1.165, 1.54) is 0 Å². The Morgan fingerprint density at radius 2 is 1.73 bits per heavy atom. The first-order valence-corrected chi connectivity index (χ1v) is 8.37. The first-order chi connectivity index (χ1) is 12.7. The second-order valence-corrected chi connectivity index (χ2v) is 5.95. The van der Waals surface area contributed by atoms with Crippen LogP contribution in [0.25, 0.3) is 5.82 Å². The van der Waals surface area contributed by atoms with Gasteiger partial charge in [0.2, 0.25) is 5.95 Å². The summed E-state index contributed by atoms with van der Waals surface area (Å²) in [7, 11) is 0. The molecule has 1 amide bonds. The molecule has 4 heterocycles. The number of aryl methyl sites for hydroxylation is 1. The molecule has 0 aliphatic carbocycles. The van der Waals surface area contributed by atoms with Gasteiger partial charge in [-0.2, -0.15) is 0 Å². The Hall–Kier alpha value is -3.36. The van der Waals surface area contributed by atoms with Crippen LogP contribution in [0.4, 0.5) is 5.95 Å². The second kappa shape index (κ2) is 6.87. The molecule has 1 fully saturated rings. The van der Waals surface area contributed by atoms with Gasteiger partial charge in [0, 0.05) is 51.0 Å². The highest BCUT2D eigenvalue weighted by Crippen LogP contribution is 2.12. The molecular weight excluding hydrogens is 332 g/mol. The number of amides is 1. The van der Waals surface area contributed by atoms with Gasteiger partial charge in [0.05, 0.1) is 0 Å². The van der Waals surface area contributed by atoms with E-state index in [0.29, 0.717) is 43.6 Å². The third-order valence-electron chi connectivity index (χ3n) is 4.34. The molecule has 0 saturated carbocycles. The normalized spacial score (nSPS) is 14.5. The van der Waals surface area contributed by atoms with Gasteiger partial charge in [0.1, 0.15) is 5.82 Å². The number of imidazole rings is 1. The Balaban J connectivity index is 1.41. The summed E-state index contributed by atoms with van der Waals surface area (Å²) in [6, 6.07) is 5.27. The van der Waals surface area contributed by atoms with Crippen molar-refractivity contribution in [2.75, 3.05) is 31.1 Å². The van der Waals surface area contributed by atoms with Crippen molar-refractivity contribution < 1.29 is 4.79 Å². The van der Waals surface area contributed by atoms with Crippen LogP contribution >= 0.6 is 0 Å². The molecule has 3 aromatic heterocycles. The number of carbonyl (C=O) groups is 1. The molecule has 1 saturated heterocycles. The van der Waals surface area contributed by atoms with Crippen LogP contribution in [0.2, 0.25) is 0 Å². The van der Waals surface area contributed by atoms with Crippen molar-refractivity contribution in [2.45, 2.75) is 6.92 Å². The molecule has 0 bridgehead atoms. The molecule has 1 aliphatic heterocycles. The largest absolute Gasteiger partial charge is 0.337 e. The number of hydrogen-bond donors (Lipinski definition) is 0. The quantitative estimate of drug-likeness (QED) is 0.687. The van der Waals surface area contributed by atoms with Crippen LogP contribution in [0.15, 0.2) is 43.0 Å². The summed E-state index contributed by atoms with van der Waals surface area (Å²) in [5.41, 5.74) is 0.343. The highest BCUT2D eigenvalue weighted by atomic mass is 16.2. The zero-order chi connectivity index (χ0) is 17.9. The van der Waals surface area contributed by atoms with E-state index >= 15 is 0 Å². The van der Waals surface area contributed by atoms with Gasteiger partial charge in [-0.1, -0.05) is 0 Å². The lowest BCUT2D eigenvalue weighted by molar-refractivity contribution is 0.0739. The maximum Gasteiger partial charge on any atom is 0.274 e. The number of carbonyl (C=O) groups excluding carboxylic acids is 1. The van der Waals surface area contributed by atoms with Crippen molar-refractivity contribution in [1.29, 1.82) is 0 Å². The van der Waals surface area contributed by atoms with Gasteiger partial charge in [-0.25, -0.2) is 15.0 Å². The standard InChI is InChI=1S/C17H18N8O/c1-13-18-7-8-25(13)15-4-3-14(21-22-15)16(26)23-9-11-24(12-10-23)17-19-5-2-6-20-17/h2-8H,9-12H2,1H3. The van der Waals surface area contributed by atoms with Gasteiger partial charge < -0.3 is 9.80 Å². The number of aromatic nitrogens is 6. The van der Waals surface area contributed by atoms with Crippen LogP contribution in [0, 0.1) is 6.92 Å². The Morgan fingerprint density at radius 3 is 2.35 bits per heavy atom. The lowest BCUT2D eigenvalue weighted by atomic mass is 10.2. The molecular formula is C17H18N8O. The van der Waals surface area contributed by atoms with Crippen LogP contribution in [0.3, 0.4) is 0 Å². The fraction of sp³-hybridized carbons (Fsp3) is 0.294. The van der Waals surface area contributed by atoms with Crippen LogP contribution in [-0.4, -0.2) is 66.7 Å². The van der Waals surface area contributed by atoms with E-state index in [-0.39, 0.29) is 5.91 Å². The topological polar surface area (TPSA) is 92.9 Å². The van der Waals surface area contributed by atoms with Crippen molar-refractivity contribution in [3.8, 4) is 5.82 Å². The summed E-state index contributed by atoms with van der Waals surface area (Å²) in [5.74, 6) is 2.04. The third kappa shape index (κ3) is 3.10. The number of anilines is 1. The van der Waals surface area contributed by atoms with E-state index in [9.17, 15) is 4.79 Å². The van der Waals surface area contributed by atoms with Gasteiger partial charge in [0.25, 0.3) is 5.91 Å². The van der Waals surface area contributed by atoms with E-state index in [1.54, 1.807) is 41.7 Å². The molecule has 0 N–H and O–H groups in total. The second-order valence-electron chi connectivity index (χ2n) is 5.95. The number of hydrogen-bond acceptors (Lipinski definition) is 7. The highest BCUT2D eigenvalue weighted by molar-refractivity contribution is 5.92. The van der Waals surface area contributed by atoms with E-state index < -0.39 is 0 Å². The molecule has 4 rings (SSSR count). The molecule has 0 radical (unpaired) electrons. The molecule has 0 spiro atoms. The fourth-order valence-electron chi connectivity index (χ4n) is 2.91. The van der Waals surface area contributed by atoms with Crippen LogP contribution in [0.1, 0.15) is 16.3 Å². The summed E-state index contributed by atoms with van der Waals surface area (Å²) in [5, 5.41) is 8.26. The SMILES string of the molecule is Cc1nccn1-c1ccc(C(=O)N2CCN(c3ncccn3)CC2)nn1. The lowest BCUT2D eigenvalue weighted by Gasteiger charge is -2.34. The van der Waals surface area contributed by atoms with Gasteiger partial charge in [-0.3, -0.25) is 9.36 Å². The Bertz CT molecular complexity index is 885. The van der Waals surface area contributed by atoms with Gasteiger partial charge in [0.15, 0.2) is 11.5 Å². The lowest BCUT2D eigenvalue weighted by Crippen LogP contribution is -2.49. The third-order valence-corrected chi connectivity index (χ3v) is 4.34. The number of piperazine rings is 1. The molecule has 1 aliphatic rings. The molecule has 0 unspecified atom stereocenters. The maximum atomic E-state index is 12.7. The van der Waals surface area contributed by atoms with E-state index in [2.05, 4.69) is 30.0 Å². The molecule has 26 heavy (non-hydrogen) atoms. The fourth-order valence-corrected chi connectivity index (χ4v) is 2.91. The molecule has 0 atom stereocenters. The average molecular weight is 350 g/mol. The Kier molecular flexibility index (Phi) is 4.26. The van der Waals surface area contributed by atoms with Gasteiger partial charge in [-0.15, -0.1) is 10.2 Å². The molecule has 0 aromatic carbocycles. The van der Waals surface area contributed by atoms with E-state index in [0.717, 1.165) is 5.82 Å². The maximum absolute atomic E-state index is 12.7. The summed E-state index contributed by atoms with van der Waals surface area (Å²) < 4.78 is 1.82. The summed E-state index contributed by atoms with van der Waals surface area (Å²) in [6.45, 7) is 4.46. The molecule has 132 valence electrons. The first-order valence-electron chi connectivity index (χ1n) is 8.37. The Morgan fingerprint density at radius 1 is 0.962 bits per heavy atom. The zero-order valence-electron chi connectivity index (χ0n) is 14.4. The smallest absolute Gasteiger partial charge is 0.274 e. The van der Waals surface area contributed by atoms with Gasteiger partial charge in [-0.05, 0) is 25.1 Å². The predicted molar refractivity (Wildman–Crippen MR) is 94.0 cm³/mol. The molecule has 9 heteroatoms. The van der Waals surface area contributed by atoms with Crippen molar-refractivity contribution >= 4 is 11.9 Å². The minimum absolute atomic E-state index is 0.111. The van der Waals surface area contributed by atoms with Crippen LogP contribution in [0.5, 0.6) is 0 Å². The summed E-state index contributed by atoms with van der Waals surface area (Å²) in [6.07, 6.45) is 6.95. The monoisotopic (exact) mass is 350 g/mol. The minimum atomic E-state index is -0.111. The van der Waals surface area contributed by atoms with Crippen molar-refractivity contribution in [2.24, 2.45) is 0 Å². The summed E-state index contributed by atoms with van der Waals surface area (Å²) >= 11 is 0. The molecule has 9 nitrogen and oxygen atoms in total. The summed E-state index contributed by atoms with van der Waals surface area (Å²) in [4.78, 5) is 29.2. The Labute approximate surface area is 150 Å². The van der Waals surface area contributed by atoms with Crippen molar-refractivity contribution in [3.05, 3.63) is 54.5 Å². The number of nitrogens with zero attached hydrogens (tertiary/aromatic N) is 8. The van der Waals surface area contributed by atoms with Crippen molar-refractivity contribution in [3.63, 3.8) is 0 Å². The first kappa shape index (κ1) is 16.1. The minimum Gasteiger partial charge on any atom is -0.337 e. The molecule has 3 aromatic rings. The zero-order valence-corrected chi connectivity index (χ0v) is 14.4. The van der Waals surface area contributed by atoms with Crippen LogP contribution in [-0.2, 0) is 0 Å². The van der Waals surface area contributed by atoms with Crippen molar-refractivity contribution in [1.82, 2.24) is 34.6 Å². The van der Waals surface area contributed by atoms with Gasteiger partial charge >= 0.3 is 0 Å². The predicted octanol–water partition coefficient (Wildman–Crippen LogP) is 0.723. The highest BCUT2D eigenvalue weighted by Gasteiger charge is 2.24. The average Bonchev–Trinajstić information content (AvgIpc) is 3.14. The van der Waals surface area contributed by atoms with E-state index in [1.807, 2.05) is 17.7 Å². The number of rotatable bonds is 3.